The maximum absolute atomic E-state index is 5.83. The minimum Gasteiger partial charge on any atom is -0.381 e. The van der Waals surface area contributed by atoms with E-state index in [9.17, 15) is 0 Å². The zero-order valence-corrected chi connectivity index (χ0v) is 10.3. The number of nitrogens with two attached hydrogens (primary N) is 1. The summed E-state index contributed by atoms with van der Waals surface area (Å²) < 4.78 is 6.97. The molecule has 96 valence electrons. The number of hydrogen-bond acceptors (Lipinski definition) is 6. The molecule has 2 aromatic rings. The van der Waals surface area contributed by atoms with Gasteiger partial charge >= 0.3 is 0 Å². The number of nitrogen functional groups attached to an aromatic ring is 1. The van der Waals surface area contributed by atoms with E-state index < -0.39 is 0 Å². The van der Waals surface area contributed by atoms with Crippen LogP contribution < -0.4 is 5.73 Å². The molecular formula is C11H16N6O. The van der Waals surface area contributed by atoms with Crippen molar-refractivity contribution in [3.63, 3.8) is 0 Å². The summed E-state index contributed by atoms with van der Waals surface area (Å²) in [5, 5.41) is 11.9. The molecule has 0 atom stereocenters. The number of nitrogens with zero attached hydrogens (tertiary/aromatic N) is 5. The van der Waals surface area contributed by atoms with Crippen molar-refractivity contribution in [3.05, 3.63) is 17.4 Å². The molecule has 1 fully saturated rings. The third kappa shape index (κ3) is 2.07. The van der Waals surface area contributed by atoms with Crippen LogP contribution in [-0.2, 0) is 13.0 Å². The van der Waals surface area contributed by atoms with E-state index in [0.29, 0.717) is 24.2 Å². The lowest BCUT2D eigenvalue weighted by Gasteiger charge is -2.01. The van der Waals surface area contributed by atoms with Gasteiger partial charge < -0.3 is 10.3 Å². The highest BCUT2D eigenvalue weighted by atomic mass is 16.5. The van der Waals surface area contributed by atoms with E-state index in [4.69, 9.17) is 10.3 Å². The Hall–Kier alpha value is -1.92. The quantitative estimate of drug-likeness (QED) is 0.851. The zero-order valence-electron chi connectivity index (χ0n) is 10.3. The van der Waals surface area contributed by atoms with Gasteiger partial charge in [-0.3, -0.25) is 0 Å². The molecule has 2 heterocycles. The van der Waals surface area contributed by atoms with Crippen molar-refractivity contribution >= 4 is 5.82 Å². The first-order chi connectivity index (χ1) is 8.78. The summed E-state index contributed by atoms with van der Waals surface area (Å²) in [6, 6.07) is 0. The third-order valence-electron chi connectivity index (χ3n) is 3.03. The van der Waals surface area contributed by atoms with Crippen molar-refractivity contribution in [2.75, 3.05) is 5.73 Å². The monoisotopic (exact) mass is 248 g/mol. The Morgan fingerprint density at radius 3 is 3.00 bits per heavy atom. The smallest absolute Gasteiger partial charge is 0.248 e. The van der Waals surface area contributed by atoms with Crippen LogP contribution in [0, 0.1) is 0 Å². The molecule has 0 radical (unpaired) electrons. The molecule has 0 saturated heterocycles. The van der Waals surface area contributed by atoms with Crippen molar-refractivity contribution in [1.82, 2.24) is 25.1 Å². The van der Waals surface area contributed by atoms with Gasteiger partial charge in [0.2, 0.25) is 5.89 Å². The molecule has 7 nitrogen and oxygen atoms in total. The van der Waals surface area contributed by atoms with E-state index in [1.54, 1.807) is 4.68 Å². The third-order valence-corrected chi connectivity index (χ3v) is 3.03. The average molecular weight is 248 g/mol. The molecule has 1 aliphatic rings. The Morgan fingerprint density at radius 2 is 2.28 bits per heavy atom. The van der Waals surface area contributed by atoms with Crippen LogP contribution in [0.2, 0.25) is 0 Å². The highest BCUT2D eigenvalue weighted by molar-refractivity contribution is 5.38. The maximum Gasteiger partial charge on any atom is 0.248 e. The topological polar surface area (TPSA) is 95.7 Å². The SMILES string of the molecule is CCCc1noc(Cn2nnc(N)c2C2CC2)n1. The molecule has 0 aromatic carbocycles. The van der Waals surface area contributed by atoms with Gasteiger partial charge in [0.15, 0.2) is 11.6 Å². The summed E-state index contributed by atoms with van der Waals surface area (Å²) in [6.07, 6.45) is 4.14. The summed E-state index contributed by atoms with van der Waals surface area (Å²) in [5.41, 5.74) is 6.83. The molecule has 0 bridgehead atoms. The number of rotatable bonds is 5. The van der Waals surface area contributed by atoms with Crippen LogP contribution in [0.25, 0.3) is 0 Å². The van der Waals surface area contributed by atoms with Gasteiger partial charge in [0.25, 0.3) is 0 Å². The second-order valence-corrected chi connectivity index (χ2v) is 4.65. The normalized spacial score (nSPS) is 15.2. The van der Waals surface area contributed by atoms with E-state index in [1.165, 1.54) is 0 Å². The lowest BCUT2D eigenvalue weighted by molar-refractivity contribution is 0.358. The van der Waals surface area contributed by atoms with E-state index in [0.717, 1.165) is 37.2 Å². The van der Waals surface area contributed by atoms with Crippen LogP contribution in [0.4, 0.5) is 5.82 Å². The van der Waals surface area contributed by atoms with Crippen molar-refractivity contribution in [1.29, 1.82) is 0 Å². The molecule has 2 aromatic heterocycles. The molecule has 0 amide bonds. The first-order valence-corrected chi connectivity index (χ1v) is 6.28. The van der Waals surface area contributed by atoms with Crippen LogP contribution in [0.5, 0.6) is 0 Å². The molecule has 2 N–H and O–H groups in total. The molecule has 0 unspecified atom stereocenters. The minimum absolute atomic E-state index is 0.451. The standard InChI is InChI=1S/C11H16N6O/c1-2-3-8-13-9(18-15-8)6-17-10(7-4-5-7)11(12)14-16-17/h7H,2-6,12H2,1H3. The molecular weight excluding hydrogens is 232 g/mol. The molecule has 3 rings (SSSR count). The van der Waals surface area contributed by atoms with Gasteiger partial charge in [-0.25, -0.2) is 4.68 Å². The predicted molar refractivity (Wildman–Crippen MR) is 63.8 cm³/mol. The van der Waals surface area contributed by atoms with E-state index >= 15 is 0 Å². The maximum atomic E-state index is 5.83. The van der Waals surface area contributed by atoms with Crippen LogP contribution >= 0.6 is 0 Å². The molecule has 18 heavy (non-hydrogen) atoms. The molecule has 0 aliphatic heterocycles. The van der Waals surface area contributed by atoms with Crippen LogP contribution in [0.1, 0.15) is 49.5 Å². The molecule has 1 aliphatic carbocycles. The van der Waals surface area contributed by atoms with Crippen LogP contribution in [0.3, 0.4) is 0 Å². The summed E-state index contributed by atoms with van der Waals surface area (Å²) in [4.78, 5) is 4.32. The minimum atomic E-state index is 0.451. The first-order valence-electron chi connectivity index (χ1n) is 6.28. The van der Waals surface area contributed by atoms with Crippen LogP contribution in [-0.4, -0.2) is 25.1 Å². The van der Waals surface area contributed by atoms with Gasteiger partial charge in [-0.1, -0.05) is 17.3 Å². The zero-order chi connectivity index (χ0) is 12.5. The lowest BCUT2D eigenvalue weighted by Crippen LogP contribution is -2.07. The van der Waals surface area contributed by atoms with Crippen molar-refractivity contribution in [2.45, 2.75) is 45.1 Å². The number of anilines is 1. The van der Waals surface area contributed by atoms with Crippen molar-refractivity contribution in [3.8, 4) is 0 Å². The fourth-order valence-electron chi connectivity index (χ4n) is 2.03. The molecule has 1 saturated carbocycles. The van der Waals surface area contributed by atoms with E-state index in [1.807, 2.05) is 0 Å². The Bertz CT molecular complexity index is 541. The summed E-state index contributed by atoms with van der Waals surface area (Å²) in [5.74, 6) is 2.32. The largest absolute Gasteiger partial charge is 0.381 e. The van der Waals surface area contributed by atoms with Gasteiger partial charge in [0, 0.05) is 12.3 Å². The van der Waals surface area contributed by atoms with Crippen molar-refractivity contribution in [2.24, 2.45) is 0 Å². The van der Waals surface area contributed by atoms with Gasteiger partial charge in [-0.2, -0.15) is 4.98 Å². The fraction of sp³-hybridized carbons (Fsp3) is 0.636. The second kappa shape index (κ2) is 4.40. The number of aromatic nitrogens is 5. The van der Waals surface area contributed by atoms with Gasteiger partial charge in [0.05, 0.1) is 5.69 Å². The fourth-order valence-corrected chi connectivity index (χ4v) is 2.03. The van der Waals surface area contributed by atoms with E-state index in [-0.39, 0.29) is 0 Å². The predicted octanol–water partition coefficient (Wildman–Crippen LogP) is 1.12. The van der Waals surface area contributed by atoms with Gasteiger partial charge in [-0.15, -0.1) is 5.10 Å². The Labute approximate surface area is 104 Å². The Balaban J connectivity index is 1.78. The van der Waals surface area contributed by atoms with Crippen molar-refractivity contribution < 1.29 is 4.52 Å². The van der Waals surface area contributed by atoms with Gasteiger partial charge in [-0.05, 0) is 19.3 Å². The molecule has 0 spiro atoms. The first kappa shape index (κ1) is 11.2. The number of hydrogen-bond donors (Lipinski definition) is 1. The highest BCUT2D eigenvalue weighted by Gasteiger charge is 2.31. The van der Waals surface area contributed by atoms with E-state index in [2.05, 4.69) is 27.4 Å². The lowest BCUT2D eigenvalue weighted by atomic mass is 10.3. The average Bonchev–Trinajstić information content (AvgIpc) is 2.98. The summed E-state index contributed by atoms with van der Waals surface area (Å²) in [6.45, 7) is 2.53. The molecule has 7 heteroatoms. The Kier molecular flexibility index (Phi) is 2.73. The summed E-state index contributed by atoms with van der Waals surface area (Å²) in [7, 11) is 0. The number of aryl methyl sites for hydroxylation is 1. The second-order valence-electron chi connectivity index (χ2n) is 4.65. The summed E-state index contributed by atoms with van der Waals surface area (Å²) >= 11 is 0. The van der Waals surface area contributed by atoms with Gasteiger partial charge in [0.1, 0.15) is 6.54 Å². The Morgan fingerprint density at radius 1 is 1.44 bits per heavy atom. The highest BCUT2D eigenvalue weighted by Crippen LogP contribution is 2.41. The van der Waals surface area contributed by atoms with Crippen LogP contribution in [0.15, 0.2) is 4.52 Å².